The average molecular weight is 348 g/mol. The van der Waals surface area contributed by atoms with Gasteiger partial charge in [0.15, 0.2) is 5.96 Å². The van der Waals surface area contributed by atoms with Crippen molar-refractivity contribution in [3.05, 3.63) is 12.2 Å². The number of piperidine rings is 1. The van der Waals surface area contributed by atoms with Gasteiger partial charge in [0.25, 0.3) is 0 Å². The molecule has 7 nitrogen and oxygen atoms in total. The number of aromatic nitrogens is 3. The zero-order valence-electron chi connectivity index (χ0n) is 15.7. The van der Waals surface area contributed by atoms with Crippen LogP contribution in [0.2, 0.25) is 0 Å². The number of aryl methyl sites for hydroxylation is 1. The van der Waals surface area contributed by atoms with Crippen LogP contribution in [0.4, 0.5) is 0 Å². The number of likely N-dealkylation sites (tertiary alicyclic amines) is 1. The van der Waals surface area contributed by atoms with Gasteiger partial charge in [-0.3, -0.25) is 4.99 Å². The largest absolute Gasteiger partial charge is 0.357 e. The van der Waals surface area contributed by atoms with Gasteiger partial charge in [0, 0.05) is 25.6 Å². The zero-order chi connectivity index (χ0) is 17.5. The molecule has 1 unspecified atom stereocenters. The molecule has 0 saturated carbocycles. The maximum absolute atomic E-state index is 4.82. The molecule has 1 atom stereocenters. The monoisotopic (exact) mass is 347 g/mol. The van der Waals surface area contributed by atoms with E-state index in [1.807, 2.05) is 4.68 Å². The minimum Gasteiger partial charge on any atom is -0.357 e. The molecule has 7 heteroatoms. The van der Waals surface area contributed by atoms with E-state index in [2.05, 4.69) is 39.5 Å². The van der Waals surface area contributed by atoms with Crippen LogP contribution < -0.4 is 10.6 Å². The average Bonchev–Trinajstić information content (AvgIpc) is 3.10. The Morgan fingerprint density at radius 2 is 2.12 bits per heavy atom. The van der Waals surface area contributed by atoms with Crippen molar-refractivity contribution in [1.29, 1.82) is 0 Å². The van der Waals surface area contributed by atoms with Crippen molar-refractivity contribution in [1.82, 2.24) is 30.3 Å². The van der Waals surface area contributed by atoms with E-state index in [4.69, 9.17) is 4.99 Å². The smallest absolute Gasteiger partial charge is 0.191 e. The van der Waals surface area contributed by atoms with E-state index >= 15 is 0 Å². The molecule has 1 fully saturated rings. The summed E-state index contributed by atoms with van der Waals surface area (Å²) in [5, 5.41) is 11.3. The summed E-state index contributed by atoms with van der Waals surface area (Å²) < 4.78 is 2.01. The van der Waals surface area contributed by atoms with Crippen LogP contribution in [0.5, 0.6) is 0 Å². The summed E-state index contributed by atoms with van der Waals surface area (Å²) in [7, 11) is 0. The fourth-order valence-corrected chi connectivity index (χ4v) is 3.82. The minimum absolute atomic E-state index is 0.375. The van der Waals surface area contributed by atoms with Crippen molar-refractivity contribution in [2.75, 3.05) is 32.7 Å². The van der Waals surface area contributed by atoms with Gasteiger partial charge in [-0.05, 0) is 58.2 Å². The van der Waals surface area contributed by atoms with E-state index in [0.29, 0.717) is 6.04 Å². The molecule has 0 radical (unpaired) electrons. The second-order valence-corrected chi connectivity index (χ2v) is 7.17. The number of nitrogens with one attached hydrogen (secondary N) is 2. The zero-order valence-corrected chi connectivity index (χ0v) is 15.7. The Hall–Kier alpha value is -1.63. The van der Waals surface area contributed by atoms with E-state index in [0.717, 1.165) is 50.2 Å². The second-order valence-electron chi connectivity index (χ2n) is 7.17. The van der Waals surface area contributed by atoms with Crippen LogP contribution in [0.25, 0.3) is 0 Å². The van der Waals surface area contributed by atoms with Gasteiger partial charge in [-0.25, -0.2) is 9.67 Å². The highest BCUT2D eigenvalue weighted by molar-refractivity contribution is 5.80. The minimum atomic E-state index is 0.375. The number of hydrogen-bond donors (Lipinski definition) is 2. The van der Waals surface area contributed by atoms with Crippen molar-refractivity contribution in [3.63, 3.8) is 0 Å². The van der Waals surface area contributed by atoms with Gasteiger partial charge in [-0.15, -0.1) is 0 Å². The van der Waals surface area contributed by atoms with Gasteiger partial charge < -0.3 is 15.5 Å². The lowest BCUT2D eigenvalue weighted by atomic mass is 9.94. The molecule has 0 spiro atoms. The molecular weight excluding hydrogens is 314 g/mol. The maximum atomic E-state index is 4.82. The fourth-order valence-electron chi connectivity index (χ4n) is 3.82. The van der Waals surface area contributed by atoms with E-state index in [9.17, 15) is 0 Å². The number of guanidine groups is 1. The highest BCUT2D eigenvalue weighted by atomic mass is 15.4. The Bertz CT molecular complexity index is 545. The van der Waals surface area contributed by atoms with Crippen LogP contribution in [-0.4, -0.2) is 64.4 Å². The van der Waals surface area contributed by atoms with Gasteiger partial charge in [-0.2, -0.15) is 5.10 Å². The summed E-state index contributed by atoms with van der Waals surface area (Å²) in [5.74, 6) is 2.88. The third kappa shape index (κ3) is 5.17. The number of hydrogen-bond acceptors (Lipinski definition) is 4. The first-order chi connectivity index (χ1) is 12.3. The SMILES string of the molecule is CCNC(=NCCC1CCN(CC)CC1)NC1CCc2ncnn2C1. The summed E-state index contributed by atoms with van der Waals surface area (Å²) in [5.41, 5.74) is 0. The van der Waals surface area contributed by atoms with Gasteiger partial charge in [0.1, 0.15) is 12.2 Å². The first-order valence-electron chi connectivity index (χ1n) is 9.92. The molecule has 2 aliphatic rings. The first-order valence-corrected chi connectivity index (χ1v) is 9.92. The normalized spacial score (nSPS) is 22.6. The molecule has 25 heavy (non-hydrogen) atoms. The Morgan fingerprint density at radius 1 is 1.28 bits per heavy atom. The topological polar surface area (TPSA) is 70.4 Å². The first kappa shape index (κ1) is 18.2. The lowest BCUT2D eigenvalue weighted by Crippen LogP contribution is -2.47. The summed E-state index contributed by atoms with van der Waals surface area (Å²) in [6, 6.07) is 0.375. The Morgan fingerprint density at radius 3 is 2.88 bits per heavy atom. The molecule has 0 aromatic carbocycles. The Balaban J connectivity index is 1.45. The van der Waals surface area contributed by atoms with Crippen molar-refractivity contribution in [2.45, 2.75) is 58.5 Å². The molecule has 3 rings (SSSR count). The van der Waals surface area contributed by atoms with Crippen LogP contribution in [0.3, 0.4) is 0 Å². The lowest BCUT2D eigenvalue weighted by Gasteiger charge is -2.30. The summed E-state index contributed by atoms with van der Waals surface area (Å²) >= 11 is 0. The van der Waals surface area contributed by atoms with Crippen molar-refractivity contribution >= 4 is 5.96 Å². The van der Waals surface area contributed by atoms with Gasteiger partial charge in [-0.1, -0.05) is 6.92 Å². The Kier molecular flexibility index (Phi) is 6.67. The van der Waals surface area contributed by atoms with Crippen molar-refractivity contribution in [2.24, 2.45) is 10.9 Å². The third-order valence-corrected chi connectivity index (χ3v) is 5.45. The molecular formula is C18H33N7. The van der Waals surface area contributed by atoms with Gasteiger partial charge in [0.05, 0.1) is 6.54 Å². The van der Waals surface area contributed by atoms with E-state index in [-0.39, 0.29) is 0 Å². The molecule has 0 amide bonds. The van der Waals surface area contributed by atoms with Crippen LogP contribution >= 0.6 is 0 Å². The van der Waals surface area contributed by atoms with E-state index in [1.165, 1.54) is 38.9 Å². The van der Waals surface area contributed by atoms with Crippen LogP contribution in [-0.2, 0) is 13.0 Å². The second kappa shape index (κ2) is 9.17. The summed E-state index contributed by atoms with van der Waals surface area (Å²) in [4.78, 5) is 11.7. The molecule has 1 saturated heterocycles. The number of nitrogens with zero attached hydrogens (tertiary/aromatic N) is 5. The number of aliphatic imine (C=N–C) groups is 1. The third-order valence-electron chi connectivity index (χ3n) is 5.45. The predicted octanol–water partition coefficient (Wildman–Crippen LogP) is 1.27. The lowest BCUT2D eigenvalue weighted by molar-refractivity contribution is 0.188. The maximum Gasteiger partial charge on any atom is 0.191 e. The van der Waals surface area contributed by atoms with E-state index in [1.54, 1.807) is 6.33 Å². The molecule has 0 aliphatic carbocycles. The highest BCUT2D eigenvalue weighted by Gasteiger charge is 2.21. The van der Waals surface area contributed by atoms with E-state index < -0.39 is 0 Å². The predicted molar refractivity (Wildman–Crippen MR) is 101 cm³/mol. The molecule has 0 bridgehead atoms. The highest BCUT2D eigenvalue weighted by Crippen LogP contribution is 2.20. The molecule has 1 aromatic rings. The standard InChI is InChI=1S/C18H33N7/c1-3-19-18(20-10-7-15-8-11-24(4-2)12-9-15)23-16-5-6-17-21-14-22-25(17)13-16/h14-16H,3-13H2,1-2H3,(H2,19,20,23). The van der Waals surface area contributed by atoms with Crippen LogP contribution in [0.15, 0.2) is 11.3 Å². The molecule has 3 heterocycles. The quantitative estimate of drug-likeness (QED) is 0.599. The Labute approximate surface area is 151 Å². The van der Waals surface area contributed by atoms with Gasteiger partial charge in [0.2, 0.25) is 0 Å². The summed E-state index contributed by atoms with van der Waals surface area (Å²) in [6.07, 6.45) is 7.56. The van der Waals surface area contributed by atoms with Gasteiger partial charge >= 0.3 is 0 Å². The molecule has 140 valence electrons. The van der Waals surface area contributed by atoms with Crippen LogP contribution in [0, 0.1) is 5.92 Å². The molecule has 2 aliphatic heterocycles. The molecule has 1 aromatic heterocycles. The molecule has 2 N–H and O–H groups in total. The van der Waals surface area contributed by atoms with Crippen molar-refractivity contribution < 1.29 is 0 Å². The number of fused-ring (bicyclic) bond motifs is 1. The van der Waals surface area contributed by atoms with Crippen LogP contribution in [0.1, 0.15) is 45.4 Å². The summed E-state index contributed by atoms with van der Waals surface area (Å²) in [6.45, 7) is 10.7. The number of rotatable bonds is 6. The van der Waals surface area contributed by atoms with Crippen molar-refractivity contribution in [3.8, 4) is 0 Å². The fraction of sp³-hybridized carbons (Fsp3) is 0.833.